The summed E-state index contributed by atoms with van der Waals surface area (Å²) in [6.07, 6.45) is -2.26. The third kappa shape index (κ3) is 3.57. The fourth-order valence-electron chi connectivity index (χ4n) is 2.63. The van der Waals surface area contributed by atoms with Gasteiger partial charge in [-0.3, -0.25) is 0 Å². The Labute approximate surface area is 122 Å². The van der Waals surface area contributed by atoms with Crippen LogP contribution in [-0.2, 0) is 6.42 Å². The van der Waals surface area contributed by atoms with Crippen LogP contribution in [0.15, 0.2) is 0 Å². The average Bonchev–Trinajstić information content (AvgIpc) is 2.42. The first kappa shape index (κ1) is 15.9. The number of nitrogens with two attached hydrogens (primary N) is 1. The van der Waals surface area contributed by atoms with Gasteiger partial charge in [0.1, 0.15) is 17.5 Å². The number of nitrogens with zero attached hydrogens (tertiary/aromatic N) is 3. The molecule has 118 valence electrons. The summed E-state index contributed by atoms with van der Waals surface area (Å²) in [5.74, 6) is 0.560. The molecule has 1 aromatic heterocycles. The van der Waals surface area contributed by atoms with Crippen molar-refractivity contribution in [2.45, 2.75) is 45.7 Å². The Balaban J connectivity index is 2.16. The predicted octanol–water partition coefficient (Wildman–Crippen LogP) is 3.10. The van der Waals surface area contributed by atoms with Crippen molar-refractivity contribution in [3.8, 4) is 0 Å². The maximum absolute atomic E-state index is 12.7. The van der Waals surface area contributed by atoms with Crippen LogP contribution in [0.1, 0.15) is 37.6 Å². The smallest absolute Gasteiger partial charge is 0.383 e. The third-order valence-electron chi connectivity index (χ3n) is 3.94. The van der Waals surface area contributed by atoms with Gasteiger partial charge in [0.05, 0.1) is 5.92 Å². The van der Waals surface area contributed by atoms with Crippen molar-refractivity contribution in [3.05, 3.63) is 11.4 Å². The van der Waals surface area contributed by atoms with Crippen molar-refractivity contribution in [1.82, 2.24) is 9.97 Å². The molecule has 1 saturated heterocycles. The molecule has 1 aliphatic heterocycles. The number of halogens is 3. The summed E-state index contributed by atoms with van der Waals surface area (Å²) in [6.45, 7) is 4.55. The molecule has 2 rings (SSSR count). The first-order valence-corrected chi connectivity index (χ1v) is 7.27. The quantitative estimate of drug-likeness (QED) is 0.932. The highest BCUT2D eigenvalue weighted by Gasteiger charge is 2.41. The summed E-state index contributed by atoms with van der Waals surface area (Å²) in [7, 11) is 0. The lowest BCUT2D eigenvalue weighted by atomic mass is 9.96. The highest BCUT2D eigenvalue weighted by atomic mass is 19.4. The number of alkyl halides is 3. The third-order valence-corrected chi connectivity index (χ3v) is 3.94. The summed E-state index contributed by atoms with van der Waals surface area (Å²) in [5, 5.41) is 0. The Kier molecular flexibility index (Phi) is 4.58. The van der Waals surface area contributed by atoms with Gasteiger partial charge >= 0.3 is 6.18 Å². The van der Waals surface area contributed by atoms with E-state index in [1.807, 2.05) is 18.7 Å². The lowest BCUT2D eigenvalue weighted by molar-refractivity contribution is -0.179. The van der Waals surface area contributed by atoms with Crippen LogP contribution in [0.2, 0.25) is 0 Å². The van der Waals surface area contributed by atoms with Crippen LogP contribution < -0.4 is 10.6 Å². The highest BCUT2D eigenvalue weighted by molar-refractivity contribution is 5.56. The molecule has 21 heavy (non-hydrogen) atoms. The van der Waals surface area contributed by atoms with Crippen LogP contribution >= 0.6 is 0 Å². The fraction of sp³-hybridized carbons (Fsp3) is 0.714. The molecular formula is C14H21F3N4. The number of anilines is 2. The van der Waals surface area contributed by atoms with Crippen LogP contribution in [-0.4, -0.2) is 29.2 Å². The van der Waals surface area contributed by atoms with Gasteiger partial charge in [0.15, 0.2) is 0 Å². The Morgan fingerprint density at radius 1 is 1.24 bits per heavy atom. The van der Waals surface area contributed by atoms with Gasteiger partial charge in [-0.05, 0) is 26.2 Å². The monoisotopic (exact) mass is 302 g/mol. The molecule has 1 fully saturated rings. The van der Waals surface area contributed by atoms with E-state index in [0.29, 0.717) is 30.5 Å². The molecule has 2 heterocycles. The number of hydrogen-bond donors (Lipinski definition) is 1. The van der Waals surface area contributed by atoms with E-state index >= 15 is 0 Å². The lowest BCUT2D eigenvalue weighted by Gasteiger charge is -2.34. The molecule has 0 bridgehead atoms. The normalized spacial score (nSPS) is 17.3. The van der Waals surface area contributed by atoms with E-state index in [4.69, 9.17) is 5.73 Å². The number of piperidine rings is 1. The van der Waals surface area contributed by atoms with Gasteiger partial charge in [-0.25, -0.2) is 9.97 Å². The van der Waals surface area contributed by atoms with E-state index in [0.717, 1.165) is 18.4 Å². The molecule has 4 nitrogen and oxygen atoms in total. The van der Waals surface area contributed by atoms with Crippen LogP contribution in [0.5, 0.6) is 0 Å². The van der Waals surface area contributed by atoms with E-state index in [1.165, 1.54) is 0 Å². The summed E-state index contributed by atoms with van der Waals surface area (Å²) >= 11 is 0. The van der Waals surface area contributed by atoms with Crippen molar-refractivity contribution in [1.29, 1.82) is 0 Å². The summed E-state index contributed by atoms with van der Waals surface area (Å²) in [4.78, 5) is 10.6. The minimum atomic E-state index is -4.10. The van der Waals surface area contributed by atoms with Gasteiger partial charge in [-0.2, -0.15) is 13.2 Å². The Morgan fingerprint density at radius 3 is 2.38 bits per heavy atom. The molecule has 0 atom stereocenters. The molecule has 0 unspecified atom stereocenters. The summed E-state index contributed by atoms with van der Waals surface area (Å²) < 4.78 is 38.1. The fourth-order valence-corrected chi connectivity index (χ4v) is 2.63. The second-order valence-electron chi connectivity index (χ2n) is 5.53. The average molecular weight is 302 g/mol. The van der Waals surface area contributed by atoms with Crippen LogP contribution in [0.3, 0.4) is 0 Å². The minimum Gasteiger partial charge on any atom is -0.383 e. The second-order valence-corrected chi connectivity index (χ2v) is 5.53. The molecule has 2 N–H and O–H groups in total. The summed E-state index contributed by atoms with van der Waals surface area (Å²) in [6, 6.07) is 0. The van der Waals surface area contributed by atoms with Crippen LogP contribution in [0.25, 0.3) is 0 Å². The SMILES string of the molecule is CCCc1nc(N)c(C)c(N2CCC(C(F)(F)F)CC2)n1. The Hall–Kier alpha value is -1.53. The van der Waals surface area contributed by atoms with Gasteiger partial charge in [-0.15, -0.1) is 0 Å². The molecule has 1 aliphatic rings. The number of rotatable bonds is 3. The minimum absolute atomic E-state index is 0.107. The molecule has 0 aromatic carbocycles. The largest absolute Gasteiger partial charge is 0.391 e. The molecule has 0 radical (unpaired) electrons. The Bertz CT molecular complexity index is 494. The molecule has 7 heteroatoms. The Morgan fingerprint density at radius 2 is 1.86 bits per heavy atom. The van der Waals surface area contributed by atoms with Gasteiger partial charge < -0.3 is 10.6 Å². The summed E-state index contributed by atoms with van der Waals surface area (Å²) in [5.41, 5.74) is 6.65. The zero-order valence-electron chi connectivity index (χ0n) is 12.4. The van der Waals surface area contributed by atoms with Gasteiger partial charge in [0.2, 0.25) is 0 Å². The van der Waals surface area contributed by atoms with Crippen molar-refractivity contribution < 1.29 is 13.2 Å². The van der Waals surface area contributed by atoms with Crippen molar-refractivity contribution in [2.24, 2.45) is 5.92 Å². The topological polar surface area (TPSA) is 55.0 Å². The number of aromatic nitrogens is 2. The van der Waals surface area contributed by atoms with Crippen molar-refractivity contribution in [2.75, 3.05) is 23.7 Å². The van der Waals surface area contributed by atoms with E-state index in [-0.39, 0.29) is 12.8 Å². The molecule has 0 aliphatic carbocycles. The van der Waals surface area contributed by atoms with Crippen molar-refractivity contribution >= 4 is 11.6 Å². The number of aryl methyl sites for hydroxylation is 1. The van der Waals surface area contributed by atoms with Crippen molar-refractivity contribution in [3.63, 3.8) is 0 Å². The number of hydrogen-bond acceptors (Lipinski definition) is 4. The van der Waals surface area contributed by atoms with E-state index in [9.17, 15) is 13.2 Å². The maximum Gasteiger partial charge on any atom is 0.391 e. The molecule has 0 saturated carbocycles. The first-order valence-electron chi connectivity index (χ1n) is 7.27. The predicted molar refractivity (Wildman–Crippen MR) is 76.2 cm³/mol. The maximum atomic E-state index is 12.7. The molecule has 0 amide bonds. The zero-order valence-corrected chi connectivity index (χ0v) is 12.4. The van der Waals surface area contributed by atoms with Crippen LogP contribution in [0.4, 0.5) is 24.8 Å². The van der Waals surface area contributed by atoms with E-state index in [1.54, 1.807) is 0 Å². The standard InChI is InChI=1S/C14H21F3N4/c1-3-4-11-19-12(18)9(2)13(20-11)21-7-5-10(6-8-21)14(15,16)17/h10H,3-8H2,1-2H3,(H2,18,19,20). The van der Waals surface area contributed by atoms with Gasteiger partial charge in [-0.1, -0.05) is 6.92 Å². The molecule has 0 spiro atoms. The van der Waals surface area contributed by atoms with E-state index < -0.39 is 12.1 Å². The van der Waals surface area contributed by atoms with Crippen LogP contribution in [0, 0.1) is 12.8 Å². The van der Waals surface area contributed by atoms with Gasteiger partial charge in [0, 0.05) is 25.1 Å². The second kappa shape index (κ2) is 6.07. The number of nitrogen functional groups attached to an aromatic ring is 1. The molecule has 1 aromatic rings. The van der Waals surface area contributed by atoms with E-state index in [2.05, 4.69) is 9.97 Å². The zero-order chi connectivity index (χ0) is 15.6. The highest BCUT2D eigenvalue weighted by Crippen LogP contribution is 2.36. The molecular weight excluding hydrogens is 281 g/mol. The lowest BCUT2D eigenvalue weighted by Crippen LogP contribution is -2.40. The van der Waals surface area contributed by atoms with Gasteiger partial charge in [0.25, 0.3) is 0 Å². The first-order chi connectivity index (χ1) is 9.82.